The molecule has 0 aliphatic carbocycles. The maximum Gasteiger partial charge on any atom is 0.433 e. The van der Waals surface area contributed by atoms with Gasteiger partial charge in [0.05, 0.1) is 19.3 Å². The van der Waals surface area contributed by atoms with Crippen LogP contribution in [0, 0.1) is 0 Å². The predicted molar refractivity (Wildman–Crippen MR) is 93.5 cm³/mol. The van der Waals surface area contributed by atoms with E-state index >= 15 is 0 Å². The van der Waals surface area contributed by atoms with Crippen LogP contribution in [0.15, 0.2) is 42.7 Å². The number of nitrogens with zero attached hydrogens (tertiary/aromatic N) is 5. The van der Waals surface area contributed by atoms with E-state index in [2.05, 4.69) is 25.6 Å². The Bertz CT molecular complexity index is 958. The topological polar surface area (TPSA) is 109 Å². The molecule has 2 aromatic heterocycles. The van der Waals surface area contributed by atoms with Crippen LogP contribution < -0.4 is 5.32 Å². The molecule has 1 aromatic carbocycles. The second-order valence-corrected chi connectivity index (χ2v) is 6.43. The van der Waals surface area contributed by atoms with Gasteiger partial charge in [0.1, 0.15) is 17.0 Å². The largest absolute Gasteiger partial charge is 0.433 e. The molecule has 0 radical (unpaired) electrons. The first kappa shape index (κ1) is 19.7. The van der Waals surface area contributed by atoms with E-state index < -0.39 is 24.1 Å². The minimum absolute atomic E-state index is 0.0481. The van der Waals surface area contributed by atoms with Crippen molar-refractivity contribution in [2.24, 2.45) is 0 Å². The molecular weight excluding hydrogens is 377 g/mol. The first-order valence-electron chi connectivity index (χ1n) is 8.17. The second-order valence-electron chi connectivity index (χ2n) is 6.43. The summed E-state index contributed by atoms with van der Waals surface area (Å²) in [5.41, 5.74) is -0.780. The number of benzene rings is 1. The lowest BCUT2D eigenvalue weighted by Gasteiger charge is -2.19. The van der Waals surface area contributed by atoms with Gasteiger partial charge in [-0.25, -0.2) is 14.6 Å². The van der Waals surface area contributed by atoms with Crippen molar-refractivity contribution in [3.8, 4) is 11.3 Å². The van der Waals surface area contributed by atoms with Crippen LogP contribution in [0.3, 0.4) is 0 Å². The smallest absolute Gasteiger partial charge is 0.393 e. The summed E-state index contributed by atoms with van der Waals surface area (Å²) < 4.78 is 39.7. The molecule has 0 saturated carbocycles. The third-order valence-electron chi connectivity index (χ3n) is 3.74. The zero-order chi connectivity index (χ0) is 20.4. The molecule has 3 aromatic rings. The monoisotopic (exact) mass is 394 g/mol. The lowest BCUT2D eigenvalue weighted by atomic mass is 10.1. The fraction of sp³-hybridized carbons (Fsp3) is 0.294. The second kappa shape index (κ2) is 7.52. The van der Waals surface area contributed by atoms with Crippen LogP contribution in [0.5, 0.6) is 0 Å². The van der Waals surface area contributed by atoms with Gasteiger partial charge in [0.15, 0.2) is 0 Å². The van der Waals surface area contributed by atoms with Crippen LogP contribution in [0.2, 0.25) is 0 Å². The molecule has 0 fully saturated rings. The average Bonchev–Trinajstić information content (AvgIpc) is 3.09. The third-order valence-corrected chi connectivity index (χ3v) is 3.74. The Morgan fingerprint density at radius 2 is 2.00 bits per heavy atom. The van der Waals surface area contributed by atoms with Gasteiger partial charge in [-0.2, -0.15) is 13.2 Å². The third kappa shape index (κ3) is 4.81. The number of aliphatic hydroxyl groups excluding tert-OH is 1. The minimum atomic E-state index is -4.56. The van der Waals surface area contributed by atoms with Crippen molar-refractivity contribution in [3.05, 3.63) is 48.4 Å². The number of alkyl halides is 3. The molecule has 2 heterocycles. The highest BCUT2D eigenvalue weighted by atomic mass is 19.4. The molecule has 148 valence electrons. The molecule has 3 N–H and O–H groups in total. The van der Waals surface area contributed by atoms with Crippen LogP contribution in [0.1, 0.15) is 12.6 Å². The van der Waals surface area contributed by atoms with Gasteiger partial charge in [0, 0.05) is 17.4 Å². The van der Waals surface area contributed by atoms with Crippen LogP contribution >= 0.6 is 0 Å². The summed E-state index contributed by atoms with van der Waals surface area (Å²) in [5.74, 6) is -0.186. The molecule has 28 heavy (non-hydrogen) atoms. The lowest BCUT2D eigenvalue weighted by molar-refractivity contribution is -0.141. The molecule has 0 aliphatic rings. The lowest BCUT2D eigenvalue weighted by Crippen LogP contribution is -2.34. The quantitative estimate of drug-likeness (QED) is 0.588. The molecule has 0 spiro atoms. The first-order chi connectivity index (χ1) is 13.2. The zero-order valence-electron chi connectivity index (χ0n) is 14.7. The molecule has 0 bridgehead atoms. The number of hydrogen-bond acceptors (Lipinski definition) is 7. The van der Waals surface area contributed by atoms with Gasteiger partial charge in [0.25, 0.3) is 0 Å². The predicted octanol–water partition coefficient (Wildman–Crippen LogP) is 2.24. The average molecular weight is 394 g/mol. The van der Waals surface area contributed by atoms with E-state index in [0.29, 0.717) is 16.9 Å². The summed E-state index contributed by atoms with van der Waals surface area (Å²) >= 11 is 0. The van der Waals surface area contributed by atoms with Crippen LogP contribution in [-0.2, 0) is 12.7 Å². The molecule has 0 aliphatic heterocycles. The maximum atomic E-state index is 12.8. The number of halogens is 3. The fourth-order valence-corrected chi connectivity index (χ4v) is 2.37. The van der Waals surface area contributed by atoms with E-state index in [1.54, 1.807) is 30.5 Å². The highest BCUT2D eigenvalue weighted by Crippen LogP contribution is 2.28. The van der Waals surface area contributed by atoms with Gasteiger partial charge in [-0.1, -0.05) is 17.3 Å². The summed E-state index contributed by atoms with van der Waals surface area (Å²) in [6.07, 6.45) is -1.94. The van der Waals surface area contributed by atoms with E-state index in [-0.39, 0.29) is 12.5 Å². The van der Waals surface area contributed by atoms with Gasteiger partial charge in [0.2, 0.25) is 5.95 Å². The van der Waals surface area contributed by atoms with E-state index in [9.17, 15) is 18.3 Å². The van der Waals surface area contributed by atoms with E-state index in [1.165, 1.54) is 11.6 Å². The SMILES string of the molecule is C[C@](O)(CO)Cn1cc(-c2cccc(Nc3nccc(C(F)(F)F)n3)c2)nn1. The van der Waals surface area contributed by atoms with Crippen LogP contribution in [0.4, 0.5) is 24.8 Å². The highest BCUT2D eigenvalue weighted by molar-refractivity contribution is 5.66. The summed E-state index contributed by atoms with van der Waals surface area (Å²) in [6, 6.07) is 7.53. The van der Waals surface area contributed by atoms with Gasteiger partial charge in [-0.05, 0) is 25.1 Å². The van der Waals surface area contributed by atoms with Crippen molar-refractivity contribution in [2.75, 3.05) is 11.9 Å². The van der Waals surface area contributed by atoms with Crippen LogP contribution in [0.25, 0.3) is 11.3 Å². The van der Waals surface area contributed by atoms with Gasteiger partial charge in [-0.15, -0.1) is 5.10 Å². The van der Waals surface area contributed by atoms with Crippen molar-refractivity contribution < 1.29 is 23.4 Å². The Balaban J connectivity index is 1.79. The highest BCUT2D eigenvalue weighted by Gasteiger charge is 2.32. The van der Waals surface area contributed by atoms with Gasteiger partial charge in [-0.3, -0.25) is 0 Å². The molecule has 8 nitrogen and oxygen atoms in total. The zero-order valence-corrected chi connectivity index (χ0v) is 14.7. The van der Waals surface area contributed by atoms with Gasteiger partial charge >= 0.3 is 6.18 Å². The summed E-state index contributed by atoms with van der Waals surface area (Å²) in [6.45, 7) is 1.08. The van der Waals surface area contributed by atoms with Gasteiger partial charge < -0.3 is 15.5 Å². The summed E-state index contributed by atoms with van der Waals surface area (Å²) in [4.78, 5) is 7.26. The van der Waals surface area contributed by atoms with Crippen molar-refractivity contribution >= 4 is 11.6 Å². The van der Waals surface area contributed by atoms with Crippen LogP contribution in [-0.4, -0.2) is 47.4 Å². The number of aromatic nitrogens is 5. The maximum absolute atomic E-state index is 12.8. The van der Waals surface area contributed by atoms with E-state index in [0.717, 1.165) is 12.3 Å². The standard InChI is InChI=1S/C17H17F3N6O2/c1-16(28,10-27)9-26-8-13(24-25-26)11-3-2-4-12(7-11)22-15-21-6-5-14(23-15)17(18,19)20/h2-8,27-28H,9-10H2,1H3,(H,21,22,23)/t16-/m1/s1. The Hall–Kier alpha value is -3.05. The molecule has 0 saturated heterocycles. The summed E-state index contributed by atoms with van der Waals surface area (Å²) in [7, 11) is 0. The molecule has 1 atom stereocenters. The van der Waals surface area contributed by atoms with Crippen molar-refractivity contribution in [1.82, 2.24) is 25.0 Å². The number of nitrogens with one attached hydrogen (secondary N) is 1. The molecular formula is C17H17F3N6O2. The Kier molecular flexibility index (Phi) is 5.29. The van der Waals surface area contributed by atoms with E-state index in [1.807, 2.05) is 0 Å². The number of aliphatic hydroxyl groups is 2. The van der Waals surface area contributed by atoms with Crippen molar-refractivity contribution in [1.29, 1.82) is 0 Å². The normalized spacial score (nSPS) is 13.9. The Labute approximate surface area is 157 Å². The fourth-order valence-electron chi connectivity index (χ4n) is 2.37. The Morgan fingerprint density at radius 1 is 1.21 bits per heavy atom. The van der Waals surface area contributed by atoms with E-state index in [4.69, 9.17) is 5.11 Å². The number of rotatable bonds is 6. The Morgan fingerprint density at radius 3 is 2.71 bits per heavy atom. The molecule has 0 amide bonds. The van der Waals surface area contributed by atoms with Crippen molar-refractivity contribution in [3.63, 3.8) is 0 Å². The molecule has 11 heteroatoms. The number of anilines is 2. The molecule has 3 rings (SSSR count). The number of hydrogen-bond donors (Lipinski definition) is 3. The molecule has 0 unspecified atom stereocenters. The first-order valence-corrected chi connectivity index (χ1v) is 8.17. The minimum Gasteiger partial charge on any atom is -0.393 e. The van der Waals surface area contributed by atoms with Crippen molar-refractivity contribution in [2.45, 2.75) is 25.2 Å². The summed E-state index contributed by atoms with van der Waals surface area (Å²) in [5, 5.41) is 29.7.